The summed E-state index contributed by atoms with van der Waals surface area (Å²) in [5.74, 6) is 0. The van der Waals surface area contributed by atoms with Gasteiger partial charge in [-0.15, -0.1) is 11.3 Å². The number of aromatic nitrogens is 2. The summed E-state index contributed by atoms with van der Waals surface area (Å²) in [5.41, 5.74) is 1.22. The van der Waals surface area contributed by atoms with Crippen LogP contribution in [0.1, 0.15) is 24.4 Å². The van der Waals surface area contributed by atoms with Crippen LogP contribution in [0.3, 0.4) is 0 Å². The highest BCUT2D eigenvalue weighted by molar-refractivity contribution is 9.10. The minimum absolute atomic E-state index is 0.492. The van der Waals surface area contributed by atoms with E-state index in [9.17, 15) is 0 Å². The van der Waals surface area contributed by atoms with Gasteiger partial charge in [0.1, 0.15) is 0 Å². The maximum atomic E-state index is 4.37. The van der Waals surface area contributed by atoms with E-state index in [1.807, 2.05) is 10.9 Å². The van der Waals surface area contributed by atoms with E-state index < -0.39 is 0 Å². The summed E-state index contributed by atoms with van der Waals surface area (Å²) in [6.07, 6.45) is 1.86. The number of halogens is 1. The molecule has 0 unspecified atom stereocenters. The summed E-state index contributed by atoms with van der Waals surface area (Å²) >= 11 is 5.31. The molecule has 2 aromatic rings. The van der Waals surface area contributed by atoms with E-state index in [1.54, 1.807) is 11.3 Å². The van der Waals surface area contributed by atoms with Gasteiger partial charge in [0.05, 0.1) is 12.2 Å². The molecule has 0 aliphatic rings. The highest BCUT2D eigenvalue weighted by atomic mass is 79.9. The van der Waals surface area contributed by atoms with Gasteiger partial charge in [0.25, 0.3) is 0 Å². The number of thiophene rings is 1. The zero-order chi connectivity index (χ0) is 12.3. The second-order valence-electron chi connectivity index (χ2n) is 4.21. The van der Waals surface area contributed by atoms with Crippen molar-refractivity contribution in [2.75, 3.05) is 0 Å². The van der Waals surface area contributed by atoms with Crippen molar-refractivity contribution in [2.24, 2.45) is 0 Å². The van der Waals surface area contributed by atoms with E-state index in [4.69, 9.17) is 0 Å². The molecule has 0 radical (unpaired) electrons. The van der Waals surface area contributed by atoms with Crippen LogP contribution in [0, 0.1) is 0 Å². The van der Waals surface area contributed by atoms with Crippen molar-refractivity contribution in [3.63, 3.8) is 0 Å². The molecule has 5 heteroatoms. The Kier molecular flexibility index (Phi) is 4.36. The molecule has 0 amide bonds. The molecule has 0 saturated carbocycles. The van der Waals surface area contributed by atoms with E-state index >= 15 is 0 Å². The lowest BCUT2D eigenvalue weighted by molar-refractivity contribution is 0.548. The van der Waals surface area contributed by atoms with Crippen LogP contribution >= 0.6 is 27.3 Å². The predicted molar refractivity (Wildman–Crippen MR) is 75.3 cm³/mol. The molecule has 2 aromatic heterocycles. The normalized spacial score (nSPS) is 11.3. The van der Waals surface area contributed by atoms with E-state index in [-0.39, 0.29) is 0 Å². The van der Waals surface area contributed by atoms with E-state index in [1.165, 1.54) is 15.0 Å². The monoisotopic (exact) mass is 313 g/mol. The molecule has 0 saturated heterocycles. The minimum atomic E-state index is 0.492. The second kappa shape index (κ2) is 5.80. The van der Waals surface area contributed by atoms with Crippen LogP contribution in [0.25, 0.3) is 0 Å². The molecule has 1 N–H and O–H groups in total. The summed E-state index contributed by atoms with van der Waals surface area (Å²) in [4.78, 5) is 1.31. The Labute approximate surface area is 114 Å². The highest BCUT2D eigenvalue weighted by Gasteiger charge is 2.07. The third-order valence-electron chi connectivity index (χ3n) is 2.48. The Morgan fingerprint density at radius 3 is 2.94 bits per heavy atom. The zero-order valence-electron chi connectivity index (χ0n) is 9.98. The number of nitrogens with zero attached hydrogens (tertiary/aromatic N) is 2. The highest BCUT2D eigenvalue weighted by Crippen LogP contribution is 2.23. The number of hydrogen-bond donors (Lipinski definition) is 1. The van der Waals surface area contributed by atoms with Gasteiger partial charge in [-0.1, -0.05) is 13.8 Å². The first-order valence-corrected chi connectivity index (χ1v) is 7.30. The minimum Gasteiger partial charge on any atom is -0.309 e. The Balaban J connectivity index is 2.06. The standard InChI is InChI=1S/C12H16BrN3S/c1-9(2)14-7-10-3-5-15-16(10)8-12-11(13)4-6-17-12/h3-6,9,14H,7-8H2,1-2H3. The second-order valence-corrected chi connectivity index (χ2v) is 6.06. The average Bonchev–Trinajstić information content (AvgIpc) is 2.87. The molecule has 17 heavy (non-hydrogen) atoms. The van der Waals surface area contributed by atoms with Gasteiger partial charge in [-0.05, 0) is 33.4 Å². The summed E-state index contributed by atoms with van der Waals surface area (Å²) in [5, 5.41) is 9.88. The summed E-state index contributed by atoms with van der Waals surface area (Å²) in [7, 11) is 0. The van der Waals surface area contributed by atoms with E-state index in [0.29, 0.717) is 6.04 Å². The summed E-state index contributed by atoms with van der Waals surface area (Å²) in [6.45, 7) is 5.99. The topological polar surface area (TPSA) is 29.9 Å². The molecule has 0 aromatic carbocycles. The van der Waals surface area contributed by atoms with Crippen LogP contribution in [0.5, 0.6) is 0 Å². The molecular formula is C12H16BrN3S. The fraction of sp³-hybridized carbons (Fsp3) is 0.417. The van der Waals surface area contributed by atoms with Gasteiger partial charge in [0, 0.05) is 28.1 Å². The maximum Gasteiger partial charge on any atom is 0.0767 e. The van der Waals surface area contributed by atoms with E-state index in [2.05, 4.69) is 57.7 Å². The third kappa shape index (κ3) is 3.40. The molecule has 0 spiro atoms. The first-order valence-electron chi connectivity index (χ1n) is 5.62. The van der Waals surface area contributed by atoms with Crippen molar-refractivity contribution in [2.45, 2.75) is 33.0 Å². The van der Waals surface area contributed by atoms with E-state index in [0.717, 1.165) is 13.1 Å². The Morgan fingerprint density at radius 1 is 1.47 bits per heavy atom. The molecule has 2 heterocycles. The van der Waals surface area contributed by atoms with Gasteiger partial charge in [0.15, 0.2) is 0 Å². The summed E-state index contributed by atoms with van der Waals surface area (Å²) < 4.78 is 3.21. The Hall–Kier alpha value is -0.650. The fourth-order valence-corrected chi connectivity index (χ4v) is 2.99. The fourth-order valence-electron chi connectivity index (χ4n) is 1.54. The molecule has 0 atom stereocenters. The van der Waals surface area contributed by atoms with Crippen molar-refractivity contribution in [3.8, 4) is 0 Å². The van der Waals surface area contributed by atoms with Crippen LogP contribution < -0.4 is 5.32 Å². The van der Waals surface area contributed by atoms with Gasteiger partial charge in [-0.2, -0.15) is 5.10 Å². The van der Waals surface area contributed by atoms with Crippen LogP contribution in [0.15, 0.2) is 28.2 Å². The van der Waals surface area contributed by atoms with Crippen LogP contribution in [0.4, 0.5) is 0 Å². The molecule has 3 nitrogen and oxygen atoms in total. The van der Waals surface area contributed by atoms with Crippen molar-refractivity contribution >= 4 is 27.3 Å². The van der Waals surface area contributed by atoms with Gasteiger partial charge < -0.3 is 5.32 Å². The average molecular weight is 314 g/mol. The summed E-state index contributed by atoms with van der Waals surface area (Å²) in [6, 6.07) is 4.64. The van der Waals surface area contributed by atoms with Crippen molar-refractivity contribution < 1.29 is 0 Å². The van der Waals surface area contributed by atoms with Gasteiger partial charge >= 0.3 is 0 Å². The molecule has 0 aliphatic heterocycles. The maximum absolute atomic E-state index is 4.37. The van der Waals surface area contributed by atoms with Crippen molar-refractivity contribution in [3.05, 3.63) is 38.8 Å². The third-order valence-corrected chi connectivity index (χ3v) is 4.39. The molecule has 0 aliphatic carbocycles. The molecule has 92 valence electrons. The van der Waals surface area contributed by atoms with Gasteiger partial charge in [-0.25, -0.2) is 0 Å². The van der Waals surface area contributed by atoms with Gasteiger partial charge in [0.2, 0.25) is 0 Å². The number of nitrogens with one attached hydrogen (secondary N) is 1. The first-order chi connectivity index (χ1) is 8.16. The number of hydrogen-bond acceptors (Lipinski definition) is 3. The molecule has 0 fully saturated rings. The molecular weight excluding hydrogens is 298 g/mol. The largest absolute Gasteiger partial charge is 0.309 e. The lowest BCUT2D eigenvalue weighted by Crippen LogP contribution is -2.23. The Bertz CT molecular complexity index is 476. The van der Waals surface area contributed by atoms with Crippen molar-refractivity contribution in [1.82, 2.24) is 15.1 Å². The first kappa shape index (κ1) is 12.8. The quantitative estimate of drug-likeness (QED) is 0.918. The van der Waals surface area contributed by atoms with Crippen LogP contribution in [-0.2, 0) is 13.1 Å². The van der Waals surface area contributed by atoms with Crippen LogP contribution in [0.2, 0.25) is 0 Å². The van der Waals surface area contributed by atoms with Crippen LogP contribution in [-0.4, -0.2) is 15.8 Å². The predicted octanol–water partition coefficient (Wildman–Crippen LogP) is 3.25. The molecule has 2 rings (SSSR count). The SMILES string of the molecule is CC(C)NCc1ccnn1Cc1sccc1Br. The zero-order valence-corrected chi connectivity index (χ0v) is 12.4. The Morgan fingerprint density at radius 2 is 2.29 bits per heavy atom. The lowest BCUT2D eigenvalue weighted by Gasteiger charge is -2.10. The van der Waals surface area contributed by atoms with Crippen molar-refractivity contribution in [1.29, 1.82) is 0 Å². The lowest BCUT2D eigenvalue weighted by atomic mass is 10.3. The number of rotatable bonds is 5. The van der Waals surface area contributed by atoms with Gasteiger partial charge in [-0.3, -0.25) is 4.68 Å². The smallest absolute Gasteiger partial charge is 0.0767 e. The molecule has 0 bridgehead atoms.